The van der Waals surface area contributed by atoms with Gasteiger partial charge in [0.1, 0.15) is 5.69 Å². The summed E-state index contributed by atoms with van der Waals surface area (Å²) in [7, 11) is 0. The van der Waals surface area contributed by atoms with E-state index in [0.29, 0.717) is 31.2 Å². The molecule has 61 heavy (non-hydrogen) atoms. The Bertz CT molecular complexity index is 2500. The van der Waals surface area contributed by atoms with Crippen molar-refractivity contribution in [3.8, 4) is 22.4 Å². The van der Waals surface area contributed by atoms with Crippen LogP contribution in [0.3, 0.4) is 0 Å². The molecule has 5 heterocycles. The van der Waals surface area contributed by atoms with Crippen LogP contribution in [0.5, 0.6) is 0 Å². The maximum Gasteiger partial charge on any atom is 0.292 e. The number of pyridine rings is 1. The van der Waals surface area contributed by atoms with Crippen LogP contribution in [0.15, 0.2) is 83.5 Å². The number of rotatable bonds is 14. The van der Waals surface area contributed by atoms with Crippen molar-refractivity contribution in [1.29, 1.82) is 0 Å². The highest BCUT2D eigenvalue weighted by Gasteiger charge is 2.28. The number of amides is 3. The molecule has 1 atom stereocenters. The summed E-state index contributed by atoms with van der Waals surface area (Å²) in [5.74, 6) is 0.167. The molecule has 0 bridgehead atoms. The molecule has 2 aliphatic rings. The zero-order valence-electron chi connectivity index (χ0n) is 35.3. The molecule has 14 nitrogen and oxygen atoms in total. The topological polar surface area (TPSA) is 183 Å². The van der Waals surface area contributed by atoms with Crippen LogP contribution in [-0.4, -0.2) is 75.8 Å². The average Bonchev–Trinajstić information content (AvgIpc) is 3.94. The first-order valence-corrected chi connectivity index (χ1v) is 21.3. The first kappa shape index (κ1) is 41.3. The largest absolute Gasteiger partial charge is 0.384 e. The van der Waals surface area contributed by atoms with Gasteiger partial charge in [0.2, 0.25) is 17.7 Å². The van der Waals surface area contributed by atoms with E-state index in [2.05, 4.69) is 100 Å². The molecule has 8 rings (SSSR count). The van der Waals surface area contributed by atoms with Gasteiger partial charge in [-0.2, -0.15) is 10.1 Å². The quantitative estimate of drug-likeness (QED) is 0.0561. The first-order valence-electron chi connectivity index (χ1n) is 21.3. The molecule has 6 aromatic rings. The fourth-order valence-corrected chi connectivity index (χ4v) is 8.11. The van der Waals surface area contributed by atoms with E-state index in [0.717, 1.165) is 88.5 Å². The molecular formula is C47H54N10O4. The number of hydrogen-bond donors (Lipinski definition) is 5. The smallest absolute Gasteiger partial charge is 0.292 e. The van der Waals surface area contributed by atoms with Crippen LogP contribution in [0.25, 0.3) is 33.4 Å². The van der Waals surface area contributed by atoms with E-state index in [9.17, 15) is 14.4 Å². The van der Waals surface area contributed by atoms with Crippen molar-refractivity contribution in [3.05, 3.63) is 107 Å². The summed E-state index contributed by atoms with van der Waals surface area (Å²) in [6.45, 7) is 13.0. The second kappa shape index (κ2) is 18.1. The molecule has 2 saturated heterocycles. The fraction of sp³-hybridized carbons (Fsp3) is 0.383. The Morgan fingerprint density at radius 1 is 0.902 bits per heavy atom. The van der Waals surface area contributed by atoms with Crippen LogP contribution in [-0.2, 0) is 21.5 Å². The van der Waals surface area contributed by atoms with Gasteiger partial charge in [0.05, 0.1) is 5.92 Å². The maximum atomic E-state index is 12.7. The number of carbonyl (C=O) groups excluding carboxylic acids is 3. The van der Waals surface area contributed by atoms with Gasteiger partial charge in [0, 0.05) is 78.6 Å². The minimum absolute atomic E-state index is 0.0243. The van der Waals surface area contributed by atoms with E-state index >= 15 is 0 Å². The number of aryl methyl sites for hydroxylation is 1. The number of anilines is 2. The molecule has 5 N–H and O–H groups in total. The van der Waals surface area contributed by atoms with Crippen molar-refractivity contribution in [2.75, 3.05) is 42.9 Å². The summed E-state index contributed by atoms with van der Waals surface area (Å²) in [4.78, 5) is 47.9. The third kappa shape index (κ3) is 9.81. The van der Waals surface area contributed by atoms with Gasteiger partial charge in [0.15, 0.2) is 5.65 Å². The highest BCUT2D eigenvalue weighted by molar-refractivity contribution is 6.01. The number of nitrogens with zero attached hydrogens (tertiary/aromatic N) is 5. The number of nitrogens with one attached hydrogen (secondary N) is 5. The number of imide groups is 1. The van der Waals surface area contributed by atoms with Gasteiger partial charge >= 0.3 is 0 Å². The molecule has 2 fully saturated rings. The zero-order valence-corrected chi connectivity index (χ0v) is 35.3. The summed E-state index contributed by atoms with van der Waals surface area (Å²) >= 11 is 0. The number of aromatic nitrogens is 5. The Kier molecular flexibility index (Phi) is 12.2. The van der Waals surface area contributed by atoms with Crippen molar-refractivity contribution in [1.82, 2.24) is 41.3 Å². The second-order valence-corrected chi connectivity index (χ2v) is 17.3. The molecular weight excluding hydrogens is 769 g/mol. The number of aromatic amines is 1. The minimum atomic E-state index is -0.382. The number of piperidine rings is 2. The molecule has 0 spiro atoms. The molecule has 3 amide bonds. The maximum absolute atomic E-state index is 12.7. The van der Waals surface area contributed by atoms with Gasteiger partial charge in [-0.05, 0) is 104 Å². The predicted octanol–water partition coefficient (Wildman–Crippen LogP) is 7.04. The molecule has 0 saturated carbocycles. The Hall–Kier alpha value is -6.41. The van der Waals surface area contributed by atoms with Crippen molar-refractivity contribution < 1.29 is 18.9 Å². The minimum Gasteiger partial charge on any atom is -0.384 e. The molecule has 3 aromatic heterocycles. The summed E-state index contributed by atoms with van der Waals surface area (Å²) in [5.41, 5.74) is 9.47. The molecule has 0 aliphatic carbocycles. The molecule has 14 heteroatoms. The summed E-state index contributed by atoms with van der Waals surface area (Å²) in [6.07, 6.45) is 6.35. The molecule has 0 radical (unpaired) electrons. The number of fused-ring (bicyclic) bond motifs is 1. The first-order chi connectivity index (χ1) is 29.5. The second-order valence-electron chi connectivity index (χ2n) is 17.3. The van der Waals surface area contributed by atoms with E-state index in [4.69, 9.17) is 4.52 Å². The van der Waals surface area contributed by atoms with Gasteiger partial charge in [-0.1, -0.05) is 62.3 Å². The molecule has 2 aliphatic heterocycles. The molecule has 316 valence electrons. The van der Waals surface area contributed by atoms with E-state index in [-0.39, 0.29) is 34.9 Å². The fourth-order valence-electron chi connectivity index (χ4n) is 8.11. The average molecular weight is 823 g/mol. The van der Waals surface area contributed by atoms with Crippen LogP contribution in [0.1, 0.15) is 92.0 Å². The number of benzene rings is 3. The molecule has 0 unspecified atom stereocenters. The summed E-state index contributed by atoms with van der Waals surface area (Å²) in [6, 6.07) is 25.0. The van der Waals surface area contributed by atoms with E-state index < -0.39 is 0 Å². The van der Waals surface area contributed by atoms with E-state index in [1.807, 2.05) is 58.2 Å². The van der Waals surface area contributed by atoms with Crippen LogP contribution in [0.4, 0.5) is 11.4 Å². The molecule has 3 aromatic carbocycles. The lowest BCUT2D eigenvalue weighted by Crippen LogP contribution is -2.39. The Morgan fingerprint density at radius 3 is 2.39 bits per heavy atom. The monoisotopic (exact) mass is 822 g/mol. The predicted molar refractivity (Wildman–Crippen MR) is 236 cm³/mol. The number of carbonyl (C=O) groups is 3. The van der Waals surface area contributed by atoms with Crippen LogP contribution in [0, 0.1) is 12.8 Å². The summed E-state index contributed by atoms with van der Waals surface area (Å²) in [5, 5.41) is 25.0. The van der Waals surface area contributed by atoms with Gasteiger partial charge in [-0.25, -0.2) is 4.98 Å². The Balaban J connectivity index is 0.766. The zero-order chi connectivity index (χ0) is 42.5. The lowest BCUT2D eigenvalue weighted by molar-refractivity contribution is -0.134. The van der Waals surface area contributed by atoms with Gasteiger partial charge in [0.25, 0.3) is 11.7 Å². The standard InChI is InChI=1S/C47H54N10O4/c1-29-25-33(5-6-34(29)27-51-45(60)43-53-46(61-56-43)47(2,3)4)41-39-26-35(28-50-42(39)55-54-41)31-7-11-36(12-8-31)49-22-21-48-20-17-30-18-23-57(24-19-30)37-13-9-32(10-14-37)38-15-16-40(58)52-44(38)59/h5-14,25-26,28,30,38,48-49H,15-24,27H2,1-4H3,(H,51,60)(H,50,54,55)(H,52,58,59)/t38-/m1/s1. The normalized spacial score (nSPS) is 16.2. The van der Waals surface area contributed by atoms with Crippen molar-refractivity contribution >= 4 is 40.1 Å². The number of hydrogen-bond acceptors (Lipinski definition) is 11. The lowest BCUT2D eigenvalue weighted by Gasteiger charge is -2.34. The highest BCUT2D eigenvalue weighted by Crippen LogP contribution is 2.32. The SMILES string of the molecule is Cc1cc(-c2n[nH]c3ncc(-c4ccc(NCCNCCC5CCN(c6ccc([C@H]7CCC(=O)NC7=O)cc6)CC5)cc4)cc23)ccc1CNC(=O)c1noc(C(C)(C)C)n1. The van der Waals surface area contributed by atoms with Crippen molar-refractivity contribution in [3.63, 3.8) is 0 Å². The van der Waals surface area contributed by atoms with Gasteiger partial charge in [-0.3, -0.25) is 24.8 Å². The van der Waals surface area contributed by atoms with Gasteiger partial charge < -0.3 is 25.4 Å². The highest BCUT2D eigenvalue weighted by atomic mass is 16.5. The van der Waals surface area contributed by atoms with Crippen molar-refractivity contribution in [2.24, 2.45) is 5.92 Å². The van der Waals surface area contributed by atoms with E-state index in [1.54, 1.807) is 0 Å². The Morgan fingerprint density at radius 2 is 1.67 bits per heavy atom. The Labute approximate surface area is 355 Å². The third-order valence-electron chi connectivity index (χ3n) is 11.8. The van der Waals surface area contributed by atoms with Crippen molar-refractivity contribution in [2.45, 2.75) is 77.7 Å². The van der Waals surface area contributed by atoms with E-state index in [1.165, 1.54) is 24.9 Å². The van der Waals surface area contributed by atoms with Crippen LogP contribution < -0.4 is 26.2 Å². The van der Waals surface area contributed by atoms with Gasteiger partial charge in [-0.15, -0.1) is 0 Å². The van der Waals surface area contributed by atoms with Crippen LogP contribution >= 0.6 is 0 Å². The van der Waals surface area contributed by atoms with Crippen LogP contribution in [0.2, 0.25) is 0 Å². The third-order valence-corrected chi connectivity index (χ3v) is 11.8. The lowest BCUT2D eigenvalue weighted by atomic mass is 9.90. The summed E-state index contributed by atoms with van der Waals surface area (Å²) < 4.78 is 5.27. The number of H-pyrrole nitrogens is 1.